The highest BCUT2D eigenvalue weighted by molar-refractivity contribution is 6.31. The SMILES string of the molecule is Cc1ccnc(N(N)C2=C(N)C(C)N(C(=O)c3cccc(Cl)c3C)CC2)c1. The summed E-state index contributed by atoms with van der Waals surface area (Å²) in [5.74, 6) is 6.83. The molecule has 27 heavy (non-hydrogen) atoms. The van der Waals surface area contributed by atoms with Crippen LogP contribution in [-0.4, -0.2) is 28.4 Å². The Morgan fingerprint density at radius 3 is 2.78 bits per heavy atom. The van der Waals surface area contributed by atoms with Gasteiger partial charge >= 0.3 is 0 Å². The topological polar surface area (TPSA) is 88.5 Å². The van der Waals surface area contributed by atoms with Gasteiger partial charge in [0, 0.05) is 29.7 Å². The van der Waals surface area contributed by atoms with Gasteiger partial charge < -0.3 is 10.6 Å². The molecule has 142 valence electrons. The van der Waals surface area contributed by atoms with Gasteiger partial charge in [-0.3, -0.25) is 9.80 Å². The van der Waals surface area contributed by atoms with Crippen LogP contribution in [0.2, 0.25) is 5.02 Å². The summed E-state index contributed by atoms with van der Waals surface area (Å²) in [6.07, 6.45) is 2.26. The smallest absolute Gasteiger partial charge is 0.254 e. The van der Waals surface area contributed by atoms with Crippen LogP contribution in [0.4, 0.5) is 5.82 Å². The number of hydrogen-bond acceptors (Lipinski definition) is 5. The normalized spacial score (nSPS) is 17.2. The Hall–Kier alpha value is -2.57. The molecule has 1 atom stereocenters. The van der Waals surface area contributed by atoms with Gasteiger partial charge in [-0.05, 0) is 56.2 Å². The van der Waals surface area contributed by atoms with Crippen molar-refractivity contribution in [1.82, 2.24) is 9.88 Å². The molecule has 2 heterocycles. The number of hydrazine groups is 1. The molecule has 6 nitrogen and oxygen atoms in total. The third kappa shape index (κ3) is 3.63. The van der Waals surface area contributed by atoms with Crippen LogP contribution in [0.3, 0.4) is 0 Å². The highest BCUT2D eigenvalue weighted by Crippen LogP contribution is 2.28. The van der Waals surface area contributed by atoms with E-state index >= 15 is 0 Å². The lowest BCUT2D eigenvalue weighted by Gasteiger charge is -2.38. The minimum Gasteiger partial charge on any atom is -0.399 e. The van der Waals surface area contributed by atoms with Crippen LogP contribution in [-0.2, 0) is 0 Å². The van der Waals surface area contributed by atoms with Gasteiger partial charge in [-0.15, -0.1) is 0 Å². The van der Waals surface area contributed by atoms with Crippen LogP contribution in [0, 0.1) is 13.8 Å². The van der Waals surface area contributed by atoms with Crippen molar-refractivity contribution in [1.29, 1.82) is 0 Å². The number of nitrogens with two attached hydrogens (primary N) is 2. The lowest BCUT2D eigenvalue weighted by Crippen LogP contribution is -2.49. The van der Waals surface area contributed by atoms with Crippen molar-refractivity contribution in [3.8, 4) is 0 Å². The molecule has 0 saturated heterocycles. The summed E-state index contributed by atoms with van der Waals surface area (Å²) in [7, 11) is 0. The van der Waals surface area contributed by atoms with E-state index in [0.29, 0.717) is 35.1 Å². The van der Waals surface area contributed by atoms with Crippen LogP contribution in [0.25, 0.3) is 0 Å². The molecular formula is C20H24ClN5O. The number of nitrogens with zero attached hydrogens (tertiary/aromatic N) is 3. The van der Waals surface area contributed by atoms with Gasteiger partial charge in [0.05, 0.1) is 17.4 Å². The zero-order valence-electron chi connectivity index (χ0n) is 15.7. The van der Waals surface area contributed by atoms with Gasteiger partial charge in [-0.25, -0.2) is 10.8 Å². The molecule has 7 heteroatoms. The maximum Gasteiger partial charge on any atom is 0.254 e. The van der Waals surface area contributed by atoms with Gasteiger partial charge in [-0.2, -0.15) is 0 Å². The number of rotatable bonds is 3. The predicted octanol–water partition coefficient (Wildman–Crippen LogP) is 3.14. The van der Waals surface area contributed by atoms with E-state index in [2.05, 4.69) is 4.98 Å². The Labute approximate surface area is 164 Å². The van der Waals surface area contributed by atoms with Crippen LogP contribution in [0.5, 0.6) is 0 Å². The first kappa shape index (κ1) is 19.2. The summed E-state index contributed by atoms with van der Waals surface area (Å²) in [5, 5.41) is 2.10. The van der Waals surface area contributed by atoms with E-state index in [1.54, 1.807) is 29.3 Å². The van der Waals surface area contributed by atoms with Crippen molar-refractivity contribution in [2.45, 2.75) is 33.2 Å². The molecule has 1 aliphatic heterocycles. The maximum atomic E-state index is 13.1. The lowest BCUT2D eigenvalue weighted by atomic mass is 10.0. The quantitative estimate of drug-likeness (QED) is 0.626. The zero-order chi connectivity index (χ0) is 19.7. The van der Waals surface area contributed by atoms with Gasteiger partial charge in [-0.1, -0.05) is 17.7 Å². The monoisotopic (exact) mass is 385 g/mol. The number of carbonyl (C=O) groups excluding carboxylic acids is 1. The van der Waals surface area contributed by atoms with Gasteiger partial charge in [0.25, 0.3) is 5.91 Å². The molecule has 0 fully saturated rings. The maximum absolute atomic E-state index is 13.1. The number of amides is 1. The minimum atomic E-state index is -0.282. The van der Waals surface area contributed by atoms with Crippen molar-refractivity contribution in [2.24, 2.45) is 11.6 Å². The third-order valence-corrected chi connectivity index (χ3v) is 5.45. The van der Waals surface area contributed by atoms with Crippen molar-refractivity contribution >= 4 is 23.3 Å². The summed E-state index contributed by atoms with van der Waals surface area (Å²) in [5.41, 5.74) is 10.2. The van der Waals surface area contributed by atoms with Gasteiger partial charge in [0.1, 0.15) is 5.82 Å². The first-order valence-corrected chi connectivity index (χ1v) is 9.21. The molecule has 0 radical (unpaired) electrons. The van der Waals surface area contributed by atoms with E-state index < -0.39 is 0 Å². The number of pyridine rings is 1. The van der Waals surface area contributed by atoms with Gasteiger partial charge in [0.15, 0.2) is 0 Å². The van der Waals surface area contributed by atoms with Gasteiger partial charge in [0.2, 0.25) is 0 Å². The number of benzene rings is 1. The first-order chi connectivity index (χ1) is 12.8. The van der Waals surface area contributed by atoms with Crippen molar-refractivity contribution in [2.75, 3.05) is 11.6 Å². The second kappa shape index (κ2) is 7.58. The van der Waals surface area contributed by atoms with Crippen molar-refractivity contribution in [3.63, 3.8) is 0 Å². The number of halogens is 1. The largest absolute Gasteiger partial charge is 0.399 e. The second-order valence-electron chi connectivity index (χ2n) is 6.80. The van der Waals surface area contributed by atoms with E-state index in [0.717, 1.165) is 16.8 Å². The van der Waals surface area contributed by atoms with Crippen molar-refractivity contribution in [3.05, 3.63) is 69.6 Å². The minimum absolute atomic E-state index is 0.0817. The molecule has 3 rings (SSSR count). The molecule has 4 N–H and O–H groups in total. The van der Waals surface area contributed by atoms with Crippen molar-refractivity contribution < 1.29 is 4.79 Å². The lowest BCUT2D eigenvalue weighted by molar-refractivity contribution is 0.0703. The highest BCUT2D eigenvalue weighted by Gasteiger charge is 2.31. The second-order valence-corrected chi connectivity index (χ2v) is 7.21. The number of carbonyl (C=O) groups is 1. The molecule has 1 amide bonds. The fraction of sp³-hybridized carbons (Fsp3) is 0.300. The Bertz CT molecular complexity index is 911. The van der Waals surface area contributed by atoms with E-state index in [1.165, 1.54) is 5.01 Å². The van der Waals surface area contributed by atoms with E-state index in [9.17, 15) is 4.79 Å². The molecule has 1 aliphatic rings. The Morgan fingerprint density at radius 1 is 1.33 bits per heavy atom. The average molecular weight is 386 g/mol. The summed E-state index contributed by atoms with van der Waals surface area (Å²) in [4.78, 5) is 19.1. The number of hydrogen-bond donors (Lipinski definition) is 2. The number of aryl methyl sites for hydroxylation is 1. The Balaban J connectivity index is 1.88. The van der Waals surface area contributed by atoms with Crippen LogP contribution in [0.15, 0.2) is 47.9 Å². The third-order valence-electron chi connectivity index (χ3n) is 5.04. The number of aromatic nitrogens is 1. The fourth-order valence-electron chi connectivity index (χ4n) is 3.29. The van der Waals surface area contributed by atoms with E-state index in [1.807, 2.05) is 32.9 Å². The predicted molar refractivity (Wildman–Crippen MR) is 108 cm³/mol. The highest BCUT2D eigenvalue weighted by atomic mass is 35.5. The van der Waals surface area contributed by atoms with Crippen LogP contribution in [0.1, 0.15) is 34.8 Å². The standard InChI is InChI=1S/C20H24ClN5O/c1-12-7-9-24-18(11-12)26(23)17-8-10-25(14(3)19(17)22)20(27)15-5-4-6-16(21)13(15)2/h4-7,9,11,14H,8,10,22-23H2,1-3H3. The van der Waals surface area contributed by atoms with Crippen LogP contribution < -0.4 is 16.6 Å². The molecule has 0 spiro atoms. The average Bonchev–Trinajstić information content (AvgIpc) is 2.65. The molecule has 0 saturated carbocycles. The summed E-state index contributed by atoms with van der Waals surface area (Å²) >= 11 is 6.17. The number of anilines is 1. The summed E-state index contributed by atoms with van der Waals surface area (Å²) in [6, 6.07) is 8.88. The van der Waals surface area contributed by atoms with E-state index in [-0.39, 0.29) is 11.9 Å². The van der Waals surface area contributed by atoms with Crippen LogP contribution >= 0.6 is 11.6 Å². The first-order valence-electron chi connectivity index (χ1n) is 8.83. The molecular weight excluding hydrogens is 362 g/mol. The molecule has 0 bridgehead atoms. The summed E-state index contributed by atoms with van der Waals surface area (Å²) in [6.45, 7) is 6.25. The molecule has 2 aromatic rings. The summed E-state index contributed by atoms with van der Waals surface area (Å²) < 4.78 is 0. The molecule has 1 aromatic carbocycles. The zero-order valence-corrected chi connectivity index (χ0v) is 16.5. The molecule has 1 unspecified atom stereocenters. The van der Waals surface area contributed by atoms with E-state index in [4.69, 9.17) is 23.2 Å². The Kier molecular flexibility index (Phi) is 5.39. The molecule has 0 aliphatic carbocycles. The molecule has 1 aromatic heterocycles. The Morgan fingerprint density at radius 2 is 2.07 bits per heavy atom. The fourth-order valence-corrected chi connectivity index (χ4v) is 3.47.